The van der Waals surface area contributed by atoms with Gasteiger partial charge in [0.25, 0.3) is 0 Å². The van der Waals surface area contributed by atoms with Gasteiger partial charge < -0.3 is 10.1 Å². The number of rotatable bonds is 8. The summed E-state index contributed by atoms with van der Waals surface area (Å²) in [6.45, 7) is 0.517. The molecule has 3 aromatic carbocycles. The Kier molecular flexibility index (Phi) is 6.70. The second-order valence-electron chi connectivity index (χ2n) is 6.93. The van der Waals surface area contributed by atoms with Gasteiger partial charge in [-0.15, -0.1) is 0 Å². The standard InChI is InChI=1S/C24H20F3N3OS/c1-31-19-11-5-16(6-12-19)13-28-23-14-29-24(30(23)18-9-7-17(25)8-10-18)32-15-20-21(26)3-2-4-22(20)27/h2-12,14,28H,13,15H2,1H3. The zero-order valence-corrected chi connectivity index (χ0v) is 18.0. The molecule has 4 aromatic rings. The number of thioether (sulfide) groups is 1. The van der Waals surface area contributed by atoms with Gasteiger partial charge in [0.1, 0.15) is 29.0 Å². The number of anilines is 1. The number of imidazole rings is 1. The summed E-state index contributed by atoms with van der Waals surface area (Å²) in [5.41, 5.74) is 1.69. The van der Waals surface area contributed by atoms with Gasteiger partial charge in [0.2, 0.25) is 0 Å². The van der Waals surface area contributed by atoms with Crippen LogP contribution < -0.4 is 10.1 Å². The van der Waals surface area contributed by atoms with Crippen LogP contribution in [0.25, 0.3) is 5.69 Å². The molecule has 1 N–H and O–H groups in total. The van der Waals surface area contributed by atoms with Crippen LogP contribution in [0.5, 0.6) is 5.75 Å². The summed E-state index contributed by atoms with van der Waals surface area (Å²) >= 11 is 1.20. The van der Waals surface area contributed by atoms with Gasteiger partial charge in [0.05, 0.1) is 13.3 Å². The van der Waals surface area contributed by atoms with Crippen LogP contribution in [0.4, 0.5) is 19.0 Å². The van der Waals surface area contributed by atoms with Crippen LogP contribution in [0.3, 0.4) is 0 Å². The highest BCUT2D eigenvalue weighted by Gasteiger charge is 2.15. The number of nitrogens with one attached hydrogen (secondary N) is 1. The molecule has 1 aromatic heterocycles. The summed E-state index contributed by atoms with van der Waals surface area (Å²) in [6, 6.07) is 17.4. The average molecular weight is 456 g/mol. The van der Waals surface area contributed by atoms with E-state index in [9.17, 15) is 13.2 Å². The highest BCUT2D eigenvalue weighted by atomic mass is 32.2. The Morgan fingerprint density at radius 1 is 0.938 bits per heavy atom. The van der Waals surface area contributed by atoms with Gasteiger partial charge in [0, 0.05) is 23.5 Å². The molecule has 8 heteroatoms. The summed E-state index contributed by atoms with van der Waals surface area (Å²) in [7, 11) is 1.61. The van der Waals surface area contributed by atoms with E-state index in [0.29, 0.717) is 23.2 Å². The number of nitrogens with zero attached hydrogens (tertiary/aromatic N) is 2. The third kappa shape index (κ3) is 4.91. The molecule has 0 radical (unpaired) electrons. The molecule has 0 bridgehead atoms. The fraction of sp³-hybridized carbons (Fsp3) is 0.125. The van der Waals surface area contributed by atoms with Crippen LogP contribution in [0.1, 0.15) is 11.1 Å². The smallest absolute Gasteiger partial charge is 0.174 e. The maximum Gasteiger partial charge on any atom is 0.174 e. The Balaban J connectivity index is 1.60. The zero-order valence-electron chi connectivity index (χ0n) is 17.2. The fourth-order valence-corrected chi connectivity index (χ4v) is 4.15. The van der Waals surface area contributed by atoms with E-state index in [2.05, 4.69) is 10.3 Å². The number of halogens is 3. The fourth-order valence-electron chi connectivity index (χ4n) is 3.14. The van der Waals surface area contributed by atoms with Crippen molar-refractivity contribution in [3.8, 4) is 11.4 Å². The topological polar surface area (TPSA) is 39.1 Å². The highest BCUT2D eigenvalue weighted by Crippen LogP contribution is 2.30. The van der Waals surface area contributed by atoms with Crippen molar-refractivity contribution in [2.45, 2.75) is 17.5 Å². The molecule has 0 amide bonds. The minimum absolute atomic E-state index is 0.0149. The lowest BCUT2D eigenvalue weighted by molar-refractivity contribution is 0.414. The molecular weight excluding hydrogens is 435 g/mol. The molecule has 0 saturated carbocycles. The minimum atomic E-state index is -0.602. The maximum atomic E-state index is 14.0. The lowest BCUT2D eigenvalue weighted by atomic mass is 10.2. The van der Waals surface area contributed by atoms with Crippen LogP contribution in [0, 0.1) is 17.5 Å². The van der Waals surface area contributed by atoms with Crippen molar-refractivity contribution in [2.75, 3.05) is 12.4 Å². The van der Waals surface area contributed by atoms with E-state index >= 15 is 0 Å². The monoisotopic (exact) mass is 455 g/mol. The maximum absolute atomic E-state index is 14.0. The first-order chi connectivity index (χ1) is 15.5. The largest absolute Gasteiger partial charge is 0.497 e. The molecule has 0 fully saturated rings. The summed E-state index contributed by atoms with van der Waals surface area (Å²) in [5.74, 6) is -0.0583. The summed E-state index contributed by atoms with van der Waals surface area (Å²) in [4.78, 5) is 4.43. The Hall–Kier alpha value is -3.39. The van der Waals surface area contributed by atoms with Gasteiger partial charge in [-0.05, 0) is 54.1 Å². The number of hydrogen-bond acceptors (Lipinski definition) is 4. The molecule has 4 nitrogen and oxygen atoms in total. The summed E-state index contributed by atoms with van der Waals surface area (Å²) in [5, 5.41) is 3.85. The molecule has 1 heterocycles. The lowest BCUT2D eigenvalue weighted by Gasteiger charge is -2.14. The average Bonchev–Trinajstić information content (AvgIpc) is 3.21. The van der Waals surface area contributed by atoms with Crippen molar-refractivity contribution in [1.82, 2.24) is 9.55 Å². The SMILES string of the molecule is COc1ccc(CNc2cnc(SCc3c(F)cccc3F)n2-c2ccc(F)cc2)cc1. The van der Waals surface area contributed by atoms with Crippen molar-refractivity contribution < 1.29 is 17.9 Å². The number of aromatic nitrogens is 2. The number of ether oxygens (including phenoxy) is 1. The molecule has 0 spiro atoms. The van der Waals surface area contributed by atoms with E-state index in [-0.39, 0.29) is 17.1 Å². The third-order valence-corrected chi connectivity index (χ3v) is 5.83. The molecule has 164 valence electrons. The van der Waals surface area contributed by atoms with Crippen LogP contribution in [0.15, 0.2) is 78.1 Å². The van der Waals surface area contributed by atoms with Crippen molar-refractivity contribution in [3.63, 3.8) is 0 Å². The first-order valence-corrected chi connectivity index (χ1v) is 10.8. The number of benzene rings is 3. The van der Waals surface area contributed by atoms with Gasteiger partial charge in [-0.25, -0.2) is 18.2 Å². The molecule has 0 aliphatic rings. The predicted octanol–water partition coefficient (Wildman–Crippen LogP) is 6.20. The summed E-state index contributed by atoms with van der Waals surface area (Å²) in [6.07, 6.45) is 1.65. The Labute approximate surface area is 188 Å². The van der Waals surface area contributed by atoms with E-state index in [0.717, 1.165) is 11.3 Å². The van der Waals surface area contributed by atoms with Crippen molar-refractivity contribution >= 4 is 17.6 Å². The van der Waals surface area contributed by atoms with Crippen molar-refractivity contribution in [2.24, 2.45) is 0 Å². The van der Waals surface area contributed by atoms with Crippen molar-refractivity contribution in [1.29, 1.82) is 0 Å². The quantitative estimate of drug-likeness (QED) is 0.321. The van der Waals surface area contributed by atoms with E-state index < -0.39 is 11.6 Å². The van der Waals surface area contributed by atoms with E-state index in [4.69, 9.17) is 4.74 Å². The second kappa shape index (κ2) is 9.82. The van der Waals surface area contributed by atoms with E-state index in [1.54, 1.807) is 30.0 Å². The Morgan fingerprint density at radius 3 is 2.28 bits per heavy atom. The number of hydrogen-bond donors (Lipinski definition) is 1. The minimum Gasteiger partial charge on any atom is -0.497 e. The second-order valence-corrected chi connectivity index (χ2v) is 7.87. The molecular formula is C24H20F3N3OS. The predicted molar refractivity (Wildman–Crippen MR) is 120 cm³/mol. The number of methoxy groups -OCH3 is 1. The molecule has 0 saturated heterocycles. The normalized spacial score (nSPS) is 10.9. The highest BCUT2D eigenvalue weighted by molar-refractivity contribution is 7.98. The van der Waals surface area contributed by atoms with Crippen LogP contribution in [-0.4, -0.2) is 16.7 Å². The van der Waals surface area contributed by atoms with Crippen LogP contribution >= 0.6 is 11.8 Å². The third-order valence-electron chi connectivity index (χ3n) is 4.85. The van der Waals surface area contributed by atoms with Gasteiger partial charge in [0.15, 0.2) is 5.16 Å². The first kappa shape index (κ1) is 21.8. The van der Waals surface area contributed by atoms with E-state index in [1.165, 1.54) is 42.1 Å². The van der Waals surface area contributed by atoms with Gasteiger partial charge in [-0.1, -0.05) is 30.0 Å². The Morgan fingerprint density at radius 2 is 1.62 bits per heavy atom. The molecule has 32 heavy (non-hydrogen) atoms. The van der Waals surface area contributed by atoms with Gasteiger partial charge in [-0.3, -0.25) is 4.57 Å². The molecule has 0 aliphatic carbocycles. The van der Waals surface area contributed by atoms with Gasteiger partial charge in [-0.2, -0.15) is 0 Å². The van der Waals surface area contributed by atoms with E-state index in [1.807, 2.05) is 24.3 Å². The van der Waals surface area contributed by atoms with Crippen molar-refractivity contribution in [3.05, 3.63) is 102 Å². The van der Waals surface area contributed by atoms with Gasteiger partial charge >= 0.3 is 0 Å². The van der Waals surface area contributed by atoms with Crippen LogP contribution in [-0.2, 0) is 12.3 Å². The molecule has 0 aliphatic heterocycles. The molecule has 4 rings (SSSR count). The molecule has 0 atom stereocenters. The summed E-state index contributed by atoms with van der Waals surface area (Å²) < 4.78 is 48.5. The van der Waals surface area contributed by atoms with Crippen LogP contribution in [0.2, 0.25) is 0 Å². The molecule has 0 unspecified atom stereocenters. The zero-order chi connectivity index (χ0) is 22.5. The Bertz CT molecular complexity index is 1170. The lowest BCUT2D eigenvalue weighted by Crippen LogP contribution is -2.06. The first-order valence-electron chi connectivity index (χ1n) is 9.81.